The van der Waals surface area contributed by atoms with Crippen LogP contribution in [0.4, 0.5) is 0 Å². The predicted molar refractivity (Wildman–Crippen MR) is 77.5 cm³/mol. The molecule has 7 heteroatoms. The lowest BCUT2D eigenvalue weighted by Gasteiger charge is -2.04. The molecule has 0 heterocycles. The third kappa shape index (κ3) is 5.41. The minimum absolute atomic E-state index is 0.126. The molecule has 0 aliphatic rings. The van der Waals surface area contributed by atoms with Gasteiger partial charge in [0.25, 0.3) is 0 Å². The van der Waals surface area contributed by atoms with Crippen LogP contribution in [0, 0.1) is 0 Å². The van der Waals surface area contributed by atoms with Crippen molar-refractivity contribution in [2.24, 2.45) is 0 Å². The van der Waals surface area contributed by atoms with E-state index < -0.39 is 11.9 Å². The molecule has 0 N–H and O–H groups in total. The molecular formula is C13H11Cl3O4. The van der Waals surface area contributed by atoms with Gasteiger partial charge in [-0.3, -0.25) is 0 Å². The van der Waals surface area contributed by atoms with E-state index in [1.807, 2.05) is 6.92 Å². The van der Waals surface area contributed by atoms with Gasteiger partial charge in [0.05, 0.1) is 21.7 Å². The first-order valence-corrected chi connectivity index (χ1v) is 6.78. The fourth-order valence-corrected chi connectivity index (χ4v) is 1.70. The predicted octanol–water partition coefficient (Wildman–Crippen LogP) is 4.06. The first kappa shape index (κ1) is 16.8. The van der Waals surface area contributed by atoms with Crippen LogP contribution in [0.5, 0.6) is 5.75 Å². The number of rotatable bonds is 5. The van der Waals surface area contributed by atoms with Crippen LogP contribution in [0.2, 0.25) is 15.1 Å². The van der Waals surface area contributed by atoms with E-state index in [0.717, 1.165) is 12.2 Å². The maximum atomic E-state index is 11.5. The van der Waals surface area contributed by atoms with Crippen LogP contribution in [0.3, 0.4) is 0 Å². The Balaban J connectivity index is 2.63. The Kier molecular flexibility index (Phi) is 6.85. The summed E-state index contributed by atoms with van der Waals surface area (Å²) in [6.07, 6.45) is 2.64. The van der Waals surface area contributed by atoms with Gasteiger partial charge in [-0.1, -0.05) is 41.7 Å². The van der Waals surface area contributed by atoms with Crippen molar-refractivity contribution in [2.75, 3.05) is 6.61 Å². The van der Waals surface area contributed by atoms with E-state index in [4.69, 9.17) is 44.3 Å². The van der Waals surface area contributed by atoms with Crippen LogP contribution in [-0.4, -0.2) is 18.5 Å². The number of hydrogen-bond acceptors (Lipinski definition) is 4. The number of esters is 2. The maximum absolute atomic E-state index is 11.5. The summed E-state index contributed by atoms with van der Waals surface area (Å²) in [4.78, 5) is 22.6. The van der Waals surface area contributed by atoms with Gasteiger partial charge < -0.3 is 9.47 Å². The third-order valence-corrected chi connectivity index (χ3v) is 3.18. The maximum Gasteiger partial charge on any atom is 0.336 e. The molecule has 0 bridgehead atoms. The molecule has 0 aromatic heterocycles. The van der Waals surface area contributed by atoms with Crippen molar-refractivity contribution < 1.29 is 19.1 Å². The molecule has 0 spiro atoms. The van der Waals surface area contributed by atoms with E-state index in [9.17, 15) is 9.59 Å². The quantitative estimate of drug-likeness (QED) is 0.352. The highest BCUT2D eigenvalue weighted by atomic mass is 35.5. The van der Waals surface area contributed by atoms with E-state index in [-0.39, 0.29) is 20.8 Å². The summed E-state index contributed by atoms with van der Waals surface area (Å²) >= 11 is 17.3. The Morgan fingerprint density at radius 3 is 2.20 bits per heavy atom. The van der Waals surface area contributed by atoms with Gasteiger partial charge in [-0.15, -0.1) is 0 Å². The Labute approximate surface area is 131 Å². The van der Waals surface area contributed by atoms with Gasteiger partial charge in [-0.05, 0) is 6.42 Å². The molecule has 0 saturated carbocycles. The molecule has 0 aliphatic heterocycles. The van der Waals surface area contributed by atoms with E-state index in [1.54, 1.807) is 0 Å². The minimum Gasteiger partial charge on any atom is -0.463 e. The lowest BCUT2D eigenvalue weighted by Crippen LogP contribution is -2.07. The molecule has 0 fully saturated rings. The zero-order chi connectivity index (χ0) is 15.1. The summed E-state index contributed by atoms with van der Waals surface area (Å²) in [6.45, 7) is 2.15. The average Bonchev–Trinajstić information content (AvgIpc) is 2.40. The Hall–Kier alpha value is -1.23. The number of carbonyl (C=O) groups excluding carboxylic acids is 2. The summed E-state index contributed by atoms with van der Waals surface area (Å²) in [7, 11) is 0. The highest BCUT2D eigenvalue weighted by Crippen LogP contribution is 2.34. The number of benzene rings is 1. The van der Waals surface area contributed by atoms with Crippen molar-refractivity contribution >= 4 is 46.7 Å². The molecule has 1 rings (SSSR count). The Morgan fingerprint density at radius 2 is 1.65 bits per heavy atom. The smallest absolute Gasteiger partial charge is 0.336 e. The fourth-order valence-electron chi connectivity index (χ4n) is 1.13. The van der Waals surface area contributed by atoms with Gasteiger partial charge in [-0.25, -0.2) is 9.59 Å². The van der Waals surface area contributed by atoms with Gasteiger partial charge in [0, 0.05) is 24.3 Å². The zero-order valence-corrected chi connectivity index (χ0v) is 12.8. The molecule has 1 aromatic rings. The van der Waals surface area contributed by atoms with Crippen LogP contribution < -0.4 is 4.74 Å². The molecular weight excluding hydrogens is 326 g/mol. The van der Waals surface area contributed by atoms with Gasteiger partial charge in [0.1, 0.15) is 5.75 Å². The van der Waals surface area contributed by atoms with E-state index in [1.165, 1.54) is 12.1 Å². The second-order valence-corrected chi connectivity index (χ2v) is 4.82. The largest absolute Gasteiger partial charge is 0.463 e. The Bertz CT molecular complexity index is 517. The summed E-state index contributed by atoms with van der Waals surface area (Å²) in [5.41, 5.74) is 0. The second-order valence-electron chi connectivity index (χ2n) is 3.62. The van der Waals surface area contributed by atoms with Crippen LogP contribution in [-0.2, 0) is 14.3 Å². The van der Waals surface area contributed by atoms with Gasteiger partial charge in [-0.2, -0.15) is 0 Å². The molecule has 1 aromatic carbocycles. The number of hydrogen-bond donors (Lipinski definition) is 0. The third-order valence-electron chi connectivity index (χ3n) is 1.98. The first-order valence-electron chi connectivity index (χ1n) is 5.65. The Morgan fingerprint density at radius 1 is 1.10 bits per heavy atom. The van der Waals surface area contributed by atoms with Crippen LogP contribution in [0.1, 0.15) is 13.3 Å². The van der Waals surface area contributed by atoms with Gasteiger partial charge >= 0.3 is 11.9 Å². The lowest BCUT2D eigenvalue weighted by atomic mass is 10.3. The SMILES string of the molecule is CCCOC(=O)/C=C/C(=O)Oc1cc(Cl)c(Cl)c(Cl)c1. The van der Waals surface area contributed by atoms with E-state index in [2.05, 4.69) is 0 Å². The topological polar surface area (TPSA) is 52.6 Å². The summed E-state index contributed by atoms with van der Waals surface area (Å²) in [5, 5.41) is 0.494. The highest BCUT2D eigenvalue weighted by molar-refractivity contribution is 6.48. The lowest BCUT2D eigenvalue weighted by molar-refractivity contribution is -0.138. The molecule has 0 atom stereocenters. The van der Waals surface area contributed by atoms with Crippen molar-refractivity contribution in [3.63, 3.8) is 0 Å². The molecule has 4 nitrogen and oxygen atoms in total. The van der Waals surface area contributed by atoms with Crippen molar-refractivity contribution in [3.8, 4) is 5.75 Å². The molecule has 20 heavy (non-hydrogen) atoms. The molecule has 0 amide bonds. The fraction of sp³-hybridized carbons (Fsp3) is 0.231. The zero-order valence-electron chi connectivity index (χ0n) is 10.5. The molecule has 0 aliphatic carbocycles. The number of ether oxygens (including phenoxy) is 2. The molecule has 108 valence electrons. The average molecular weight is 338 g/mol. The first-order chi connectivity index (χ1) is 9.43. The van der Waals surface area contributed by atoms with Gasteiger partial charge in [0.2, 0.25) is 0 Å². The van der Waals surface area contributed by atoms with E-state index in [0.29, 0.717) is 13.0 Å². The van der Waals surface area contributed by atoms with Crippen molar-refractivity contribution in [3.05, 3.63) is 39.4 Å². The molecule has 0 saturated heterocycles. The second kappa shape index (κ2) is 8.15. The highest BCUT2D eigenvalue weighted by Gasteiger charge is 2.09. The van der Waals surface area contributed by atoms with Crippen LogP contribution in [0.15, 0.2) is 24.3 Å². The van der Waals surface area contributed by atoms with Crippen LogP contribution >= 0.6 is 34.8 Å². The monoisotopic (exact) mass is 336 g/mol. The standard InChI is InChI=1S/C13H11Cl3O4/c1-2-5-19-11(17)3-4-12(18)20-8-6-9(14)13(16)10(15)7-8/h3-4,6-7H,2,5H2,1H3/b4-3+. The normalized spacial score (nSPS) is 10.6. The van der Waals surface area contributed by atoms with Crippen molar-refractivity contribution in [1.29, 1.82) is 0 Å². The number of carbonyl (C=O) groups is 2. The molecule has 0 unspecified atom stereocenters. The van der Waals surface area contributed by atoms with Gasteiger partial charge in [0.15, 0.2) is 0 Å². The summed E-state index contributed by atoms with van der Waals surface area (Å²) in [5.74, 6) is -1.25. The summed E-state index contributed by atoms with van der Waals surface area (Å²) in [6, 6.07) is 2.69. The van der Waals surface area contributed by atoms with Crippen molar-refractivity contribution in [1.82, 2.24) is 0 Å². The van der Waals surface area contributed by atoms with Crippen LogP contribution in [0.25, 0.3) is 0 Å². The minimum atomic E-state index is -0.757. The summed E-state index contributed by atoms with van der Waals surface area (Å²) < 4.78 is 9.68. The van der Waals surface area contributed by atoms with E-state index >= 15 is 0 Å². The molecule has 0 radical (unpaired) electrons. The van der Waals surface area contributed by atoms with Crippen molar-refractivity contribution in [2.45, 2.75) is 13.3 Å². The number of halogens is 3.